The highest BCUT2D eigenvalue weighted by atomic mass is 35.5. The predicted molar refractivity (Wildman–Crippen MR) is 76.4 cm³/mol. The van der Waals surface area contributed by atoms with Crippen LogP contribution >= 0.6 is 11.6 Å². The molecule has 1 N–H and O–H groups in total. The first-order valence-electron chi connectivity index (χ1n) is 6.12. The highest BCUT2D eigenvalue weighted by Gasteiger charge is 2.07. The quantitative estimate of drug-likeness (QED) is 0.907. The van der Waals surface area contributed by atoms with Gasteiger partial charge in [0, 0.05) is 29.6 Å². The Balaban J connectivity index is 2.36. The van der Waals surface area contributed by atoms with Gasteiger partial charge in [-0.05, 0) is 30.2 Å². The molecule has 106 valence electrons. The van der Waals surface area contributed by atoms with Crippen molar-refractivity contribution in [2.45, 2.75) is 13.0 Å². The maximum atomic E-state index is 11.8. The Morgan fingerprint density at radius 1 is 1.45 bits per heavy atom. The van der Waals surface area contributed by atoms with E-state index >= 15 is 0 Å². The molecule has 0 spiro atoms. The van der Waals surface area contributed by atoms with Gasteiger partial charge in [0.1, 0.15) is 5.75 Å². The Kier molecular flexibility index (Phi) is 4.76. The fourth-order valence-corrected chi connectivity index (χ4v) is 2.12. The van der Waals surface area contributed by atoms with E-state index in [1.54, 1.807) is 31.5 Å². The van der Waals surface area contributed by atoms with Crippen LogP contribution in [0.2, 0.25) is 5.02 Å². The molecule has 0 aliphatic carbocycles. The smallest absolute Gasteiger partial charge is 0.347 e. The molecule has 0 bridgehead atoms. The Labute approximate surface area is 121 Å². The standard InChI is InChI=1S/C14H15ClN2O3/c1-20-13-3-2-12(15)6-11(13)9-17-8-10(4-5-18)7-16-14(17)19/h2-3,6-8,18H,4-5,9H2,1H3. The minimum Gasteiger partial charge on any atom is -0.496 e. The van der Waals surface area contributed by atoms with Crippen LogP contribution < -0.4 is 10.4 Å². The van der Waals surface area contributed by atoms with E-state index in [-0.39, 0.29) is 12.3 Å². The number of aromatic nitrogens is 2. The Hall–Kier alpha value is -1.85. The SMILES string of the molecule is COc1ccc(Cl)cc1Cn1cc(CCO)cnc1=O. The second-order valence-corrected chi connectivity index (χ2v) is 4.74. The average molecular weight is 295 g/mol. The van der Waals surface area contributed by atoms with Gasteiger partial charge in [0.05, 0.1) is 13.7 Å². The first kappa shape index (κ1) is 14.6. The Morgan fingerprint density at radius 2 is 2.25 bits per heavy atom. The summed E-state index contributed by atoms with van der Waals surface area (Å²) >= 11 is 5.97. The Morgan fingerprint density at radius 3 is 2.95 bits per heavy atom. The van der Waals surface area contributed by atoms with Gasteiger partial charge in [-0.15, -0.1) is 0 Å². The van der Waals surface area contributed by atoms with Gasteiger partial charge >= 0.3 is 5.69 Å². The molecule has 0 amide bonds. The topological polar surface area (TPSA) is 64.3 Å². The van der Waals surface area contributed by atoms with E-state index in [0.717, 1.165) is 11.1 Å². The molecule has 0 atom stereocenters. The van der Waals surface area contributed by atoms with Gasteiger partial charge in [-0.2, -0.15) is 0 Å². The molecule has 1 heterocycles. The van der Waals surface area contributed by atoms with E-state index in [2.05, 4.69) is 4.98 Å². The monoisotopic (exact) mass is 294 g/mol. The van der Waals surface area contributed by atoms with Gasteiger partial charge < -0.3 is 9.84 Å². The number of aliphatic hydroxyl groups is 1. The van der Waals surface area contributed by atoms with Crippen LogP contribution in [-0.2, 0) is 13.0 Å². The highest BCUT2D eigenvalue weighted by molar-refractivity contribution is 6.30. The zero-order valence-corrected chi connectivity index (χ0v) is 11.8. The number of ether oxygens (including phenoxy) is 1. The summed E-state index contributed by atoms with van der Waals surface area (Å²) in [6.07, 6.45) is 3.62. The first-order chi connectivity index (χ1) is 9.63. The molecule has 5 nitrogen and oxygen atoms in total. The number of nitrogens with zero attached hydrogens (tertiary/aromatic N) is 2. The summed E-state index contributed by atoms with van der Waals surface area (Å²) in [5.74, 6) is 0.661. The number of methoxy groups -OCH3 is 1. The zero-order chi connectivity index (χ0) is 14.5. The van der Waals surface area contributed by atoms with Crippen LogP contribution in [0.15, 0.2) is 35.4 Å². The van der Waals surface area contributed by atoms with E-state index in [1.807, 2.05) is 0 Å². The van der Waals surface area contributed by atoms with Crippen molar-refractivity contribution in [1.29, 1.82) is 0 Å². The van der Waals surface area contributed by atoms with Crippen LogP contribution in [0.3, 0.4) is 0 Å². The predicted octanol–water partition coefficient (Wildman–Crippen LogP) is 1.49. The van der Waals surface area contributed by atoms with E-state index in [1.165, 1.54) is 10.8 Å². The van der Waals surface area contributed by atoms with Crippen molar-refractivity contribution in [2.75, 3.05) is 13.7 Å². The van der Waals surface area contributed by atoms with E-state index < -0.39 is 0 Å². The molecule has 1 aromatic heterocycles. The third-order valence-electron chi connectivity index (χ3n) is 2.89. The molecule has 0 saturated carbocycles. The summed E-state index contributed by atoms with van der Waals surface area (Å²) < 4.78 is 6.73. The lowest BCUT2D eigenvalue weighted by Gasteiger charge is -2.11. The van der Waals surface area contributed by atoms with Crippen LogP contribution in [0.4, 0.5) is 0 Å². The number of rotatable bonds is 5. The molecule has 0 radical (unpaired) electrons. The van der Waals surface area contributed by atoms with Gasteiger partial charge in [0.2, 0.25) is 0 Å². The maximum absolute atomic E-state index is 11.8. The third-order valence-corrected chi connectivity index (χ3v) is 3.13. The van der Waals surface area contributed by atoms with Crippen LogP contribution in [0, 0.1) is 0 Å². The maximum Gasteiger partial charge on any atom is 0.347 e. The van der Waals surface area contributed by atoms with Crippen LogP contribution in [0.1, 0.15) is 11.1 Å². The van der Waals surface area contributed by atoms with Crippen molar-refractivity contribution in [3.8, 4) is 5.75 Å². The number of hydrogen-bond donors (Lipinski definition) is 1. The summed E-state index contributed by atoms with van der Waals surface area (Å²) in [7, 11) is 1.57. The second kappa shape index (κ2) is 6.54. The van der Waals surface area contributed by atoms with Crippen molar-refractivity contribution < 1.29 is 9.84 Å². The number of benzene rings is 1. The van der Waals surface area contributed by atoms with Crippen LogP contribution in [0.25, 0.3) is 0 Å². The summed E-state index contributed by atoms with van der Waals surface area (Å²) in [5.41, 5.74) is 1.24. The van der Waals surface area contributed by atoms with Crippen LogP contribution in [-0.4, -0.2) is 28.4 Å². The lowest BCUT2D eigenvalue weighted by Crippen LogP contribution is -2.23. The summed E-state index contributed by atoms with van der Waals surface area (Å²) in [5, 5.41) is 9.51. The minimum atomic E-state index is -0.353. The van der Waals surface area contributed by atoms with E-state index in [9.17, 15) is 4.79 Å². The van der Waals surface area contributed by atoms with Crippen molar-refractivity contribution in [1.82, 2.24) is 9.55 Å². The lowest BCUT2D eigenvalue weighted by molar-refractivity contribution is 0.299. The van der Waals surface area contributed by atoms with Crippen molar-refractivity contribution in [3.63, 3.8) is 0 Å². The molecular weight excluding hydrogens is 280 g/mol. The van der Waals surface area contributed by atoms with Gasteiger partial charge in [0.15, 0.2) is 0 Å². The number of aliphatic hydroxyl groups excluding tert-OH is 1. The molecule has 0 aliphatic heterocycles. The van der Waals surface area contributed by atoms with Gasteiger partial charge in [-0.25, -0.2) is 9.78 Å². The summed E-state index contributed by atoms with van der Waals surface area (Å²) in [6, 6.07) is 5.24. The summed E-state index contributed by atoms with van der Waals surface area (Å²) in [4.78, 5) is 15.6. The largest absolute Gasteiger partial charge is 0.496 e. The van der Waals surface area contributed by atoms with Gasteiger partial charge in [-0.1, -0.05) is 11.6 Å². The fraction of sp³-hybridized carbons (Fsp3) is 0.286. The van der Waals surface area contributed by atoms with Crippen molar-refractivity contribution in [2.24, 2.45) is 0 Å². The molecule has 1 aromatic carbocycles. The molecule has 6 heteroatoms. The summed E-state index contributed by atoms with van der Waals surface area (Å²) in [6.45, 7) is 0.329. The molecule has 20 heavy (non-hydrogen) atoms. The Bertz CT molecular complexity index is 655. The molecule has 0 fully saturated rings. The van der Waals surface area contributed by atoms with Crippen molar-refractivity contribution in [3.05, 3.63) is 57.2 Å². The zero-order valence-electron chi connectivity index (χ0n) is 11.0. The van der Waals surface area contributed by atoms with Gasteiger partial charge in [-0.3, -0.25) is 4.57 Å². The third kappa shape index (κ3) is 3.37. The molecule has 0 saturated heterocycles. The average Bonchev–Trinajstić information content (AvgIpc) is 2.43. The van der Waals surface area contributed by atoms with Gasteiger partial charge in [0.25, 0.3) is 0 Å². The minimum absolute atomic E-state index is 0.0143. The first-order valence-corrected chi connectivity index (χ1v) is 6.50. The second-order valence-electron chi connectivity index (χ2n) is 4.30. The fourth-order valence-electron chi connectivity index (χ4n) is 1.93. The molecule has 2 rings (SSSR count). The molecular formula is C14H15ClN2O3. The molecule has 0 unspecified atom stereocenters. The number of halogens is 1. The number of hydrogen-bond acceptors (Lipinski definition) is 4. The lowest BCUT2D eigenvalue weighted by atomic mass is 10.2. The van der Waals surface area contributed by atoms with Crippen molar-refractivity contribution >= 4 is 11.6 Å². The molecule has 2 aromatic rings. The van der Waals surface area contributed by atoms with E-state index in [0.29, 0.717) is 23.7 Å². The van der Waals surface area contributed by atoms with E-state index in [4.69, 9.17) is 21.4 Å². The normalized spacial score (nSPS) is 10.6. The van der Waals surface area contributed by atoms with Crippen LogP contribution in [0.5, 0.6) is 5.75 Å². The molecule has 0 aliphatic rings. The highest BCUT2D eigenvalue weighted by Crippen LogP contribution is 2.23.